The van der Waals surface area contributed by atoms with Crippen LogP contribution in [0.4, 0.5) is 0 Å². The Labute approximate surface area is 366 Å². The minimum atomic E-state index is 0.616. The van der Waals surface area contributed by atoms with Gasteiger partial charge in [-0.1, -0.05) is 140 Å². The molecule has 13 aromatic rings. The molecule has 294 valence electrons. The molecule has 0 amide bonds. The van der Waals surface area contributed by atoms with Crippen molar-refractivity contribution in [2.75, 3.05) is 0 Å². The lowest BCUT2D eigenvalue weighted by molar-refractivity contribution is 1.07. The van der Waals surface area contributed by atoms with Crippen LogP contribution >= 0.6 is 11.3 Å². The minimum absolute atomic E-state index is 0.616. The third-order valence-corrected chi connectivity index (χ3v) is 13.5. The maximum atomic E-state index is 5.36. The highest BCUT2D eigenvalue weighted by molar-refractivity contribution is 7.25. The molecular weight excluding hydrogens is 787 g/mol. The average Bonchev–Trinajstić information content (AvgIpc) is 4.01. The van der Waals surface area contributed by atoms with Crippen molar-refractivity contribution in [2.45, 2.75) is 0 Å². The molecule has 9 aromatic carbocycles. The van der Waals surface area contributed by atoms with E-state index in [-0.39, 0.29) is 0 Å². The lowest BCUT2D eigenvalue weighted by Gasteiger charge is -2.13. The summed E-state index contributed by atoms with van der Waals surface area (Å²) in [5.74, 6) is 1.89. The number of hydrogen-bond acceptors (Lipinski definition) is 4. The van der Waals surface area contributed by atoms with E-state index in [1.807, 2.05) is 18.2 Å². The first-order chi connectivity index (χ1) is 31.2. The van der Waals surface area contributed by atoms with E-state index in [1.54, 1.807) is 11.3 Å². The molecule has 0 atom stereocenters. The van der Waals surface area contributed by atoms with Crippen LogP contribution in [0.15, 0.2) is 212 Å². The Kier molecular flexibility index (Phi) is 8.01. The van der Waals surface area contributed by atoms with Gasteiger partial charge in [-0.3, -0.25) is 0 Å². The highest BCUT2D eigenvalue weighted by atomic mass is 32.1. The highest BCUT2D eigenvalue weighted by Crippen LogP contribution is 2.44. The van der Waals surface area contributed by atoms with E-state index < -0.39 is 0 Å². The number of thiophene rings is 1. The molecule has 0 aliphatic carbocycles. The van der Waals surface area contributed by atoms with Crippen molar-refractivity contribution in [3.8, 4) is 56.7 Å². The van der Waals surface area contributed by atoms with Crippen LogP contribution in [0.25, 0.3) is 120 Å². The van der Waals surface area contributed by atoms with E-state index in [0.29, 0.717) is 17.5 Å². The smallest absolute Gasteiger partial charge is 0.164 e. The second-order valence-electron chi connectivity index (χ2n) is 16.0. The predicted molar refractivity (Wildman–Crippen MR) is 263 cm³/mol. The molecule has 4 aromatic heterocycles. The molecule has 0 bridgehead atoms. The number of benzene rings is 9. The largest absolute Gasteiger partial charge is 0.309 e. The zero-order chi connectivity index (χ0) is 41.4. The molecule has 4 heterocycles. The van der Waals surface area contributed by atoms with Crippen LogP contribution in [-0.4, -0.2) is 24.1 Å². The fraction of sp³-hybridized carbons (Fsp3) is 0. The Morgan fingerprint density at radius 1 is 0.302 bits per heavy atom. The molecule has 5 nitrogen and oxygen atoms in total. The van der Waals surface area contributed by atoms with Crippen molar-refractivity contribution in [1.29, 1.82) is 0 Å². The van der Waals surface area contributed by atoms with E-state index in [4.69, 9.17) is 15.0 Å². The van der Waals surface area contributed by atoms with Gasteiger partial charge in [-0.15, -0.1) is 11.3 Å². The summed E-state index contributed by atoms with van der Waals surface area (Å²) in [6.45, 7) is 0. The van der Waals surface area contributed by atoms with Crippen LogP contribution in [0.5, 0.6) is 0 Å². The molecule has 0 N–H and O–H groups in total. The van der Waals surface area contributed by atoms with Crippen molar-refractivity contribution in [3.05, 3.63) is 212 Å². The number of fused-ring (bicyclic) bond motifs is 9. The molecule has 13 rings (SSSR count). The number of nitrogens with zero attached hydrogens (tertiary/aromatic N) is 5. The van der Waals surface area contributed by atoms with Crippen LogP contribution in [0, 0.1) is 0 Å². The maximum absolute atomic E-state index is 5.36. The fourth-order valence-corrected chi connectivity index (χ4v) is 10.7. The number of aromatic nitrogens is 5. The van der Waals surface area contributed by atoms with E-state index in [0.717, 1.165) is 55.7 Å². The van der Waals surface area contributed by atoms with Crippen LogP contribution in [-0.2, 0) is 0 Å². The summed E-state index contributed by atoms with van der Waals surface area (Å²) in [5.41, 5.74) is 11.8. The van der Waals surface area contributed by atoms with E-state index >= 15 is 0 Å². The summed E-state index contributed by atoms with van der Waals surface area (Å²) in [6, 6.07) is 75.7. The molecule has 0 saturated heterocycles. The van der Waals surface area contributed by atoms with Gasteiger partial charge in [0, 0.05) is 69.8 Å². The Morgan fingerprint density at radius 3 is 1.56 bits per heavy atom. The number of para-hydroxylation sites is 4. The van der Waals surface area contributed by atoms with Crippen LogP contribution in [0.3, 0.4) is 0 Å². The second kappa shape index (κ2) is 14.2. The molecule has 0 radical (unpaired) electrons. The molecule has 63 heavy (non-hydrogen) atoms. The molecule has 0 spiro atoms. The zero-order valence-corrected chi connectivity index (χ0v) is 34.7. The van der Waals surface area contributed by atoms with Gasteiger partial charge in [0.2, 0.25) is 0 Å². The Balaban J connectivity index is 1.10. The first kappa shape index (κ1) is 35.6. The lowest BCUT2D eigenvalue weighted by atomic mass is 9.95. The highest BCUT2D eigenvalue weighted by Gasteiger charge is 2.22. The van der Waals surface area contributed by atoms with Gasteiger partial charge in [-0.05, 0) is 83.9 Å². The van der Waals surface area contributed by atoms with Crippen molar-refractivity contribution < 1.29 is 0 Å². The Morgan fingerprint density at radius 2 is 0.825 bits per heavy atom. The predicted octanol–water partition coefficient (Wildman–Crippen LogP) is 15.1. The molecule has 0 aliphatic rings. The second-order valence-corrected chi connectivity index (χ2v) is 17.1. The normalized spacial score (nSPS) is 11.8. The van der Waals surface area contributed by atoms with Crippen LogP contribution in [0.1, 0.15) is 0 Å². The van der Waals surface area contributed by atoms with Crippen molar-refractivity contribution in [2.24, 2.45) is 0 Å². The Hall–Kier alpha value is -8.19. The SMILES string of the molecule is c1ccc(-c2nc(-c3ccc4c(c3)sc3ccccc34)nc(-c3cc(-c4ccc5c(c4)c4ccccc4n5-c4ccccc4)c4c5ccccc5n(-c5ccccc5)c4c3)n2)cc1. The lowest BCUT2D eigenvalue weighted by Crippen LogP contribution is -2.01. The molecule has 6 heteroatoms. The third-order valence-electron chi connectivity index (χ3n) is 12.3. The molecule has 0 unspecified atom stereocenters. The topological polar surface area (TPSA) is 48.5 Å². The van der Waals surface area contributed by atoms with Gasteiger partial charge in [-0.25, -0.2) is 15.0 Å². The van der Waals surface area contributed by atoms with Crippen molar-refractivity contribution >= 4 is 75.1 Å². The third kappa shape index (κ3) is 5.73. The monoisotopic (exact) mass is 821 g/mol. The average molecular weight is 822 g/mol. The van der Waals surface area contributed by atoms with Gasteiger partial charge in [0.05, 0.1) is 22.1 Å². The summed E-state index contributed by atoms with van der Waals surface area (Å²) in [5, 5.41) is 7.28. The van der Waals surface area contributed by atoms with Crippen LogP contribution < -0.4 is 0 Å². The van der Waals surface area contributed by atoms with E-state index in [1.165, 1.54) is 47.2 Å². The van der Waals surface area contributed by atoms with Crippen molar-refractivity contribution in [3.63, 3.8) is 0 Å². The molecule has 0 saturated carbocycles. The van der Waals surface area contributed by atoms with Gasteiger partial charge in [0.25, 0.3) is 0 Å². The van der Waals surface area contributed by atoms with Crippen LogP contribution in [0.2, 0.25) is 0 Å². The van der Waals surface area contributed by atoms with Gasteiger partial charge >= 0.3 is 0 Å². The van der Waals surface area contributed by atoms with Gasteiger partial charge < -0.3 is 9.13 Å². The number of hydrogen-bond donors (Lipinski definition) is 0. The van der Waals surface area contributed by atoms with Crippen molar-refractivity contribution in [1.82, 2.24) is 24.1 Å². The summed E-state index contributed by atoms with van der Waals surface area (Å²) >= 11 is 1.80. The molecular formula is C57H35N5S. The van der Waals surface area contributed by atoms with Gasteiger partial charge in [0.15, 0.2) is 17.5 Å². The Bertz CT molecular complexity index is 3900. The quantitative estimate of drug-likeness (QED) is 0.168. The van der Waals surface area contributed by atoms with E-state index in [9.17, 15) is 0 Å². The first-order valence-corrected chi connectivity index (χ1v) is 22.0. The summed E-state index contributed by atoms with van der Waals surface area (Å²) in [6.07, 6.45) is 0. The summed E-state index contributed by atoms with van der Waals surface area (Å²) in [4.78, 5) is 15.8. The number of rotatable bonds is 6. The summed E-state index contributed by atoms with van der Waals surface area (Å²) in [7, 11) is 0. The fourth-order valence-electron chi connectivity index (χ4n) is 9.52. The maximum Gasteiger partial charge on any atom is 0.164 e. The van der Waals surface area contributed by atoms with E-state index in [2.05, 4.69) is 203 Å². The molecule has 0 fully saturated rings. The summed E-state index contributed by atoms with van der Waals surface area (Å²) < 4.78 is 7.23. The first-order valence-electron chi connectivity index (χ1n) is 21.2. The molecule has 0 aliphatic heterocycles. The zero-order valence-electron chi connectivity index (χ0n) is 33.9. The standard InChI is InChI=1S/C57H35N5S/c1-4-16-36(17-5-1)55-58-56(38-28-30-44-43-23-12-15-27-52(43)63-53(44)35-38)60-57(59-55)39-33-46(54-45-24-11-14-26-49(45)62(51(54)34-39)41-20-8-3-9-21-41)37-29-31-50-47(32-37)42-22-10-13-25-48(42)61(50)40-18-6-2-7-19-40/h1-35H. The van der Waals surface area contributed by atoms with Gasteiger partial charge in [0.1, 0.15) is 0 Å². The minimum Gasteiger partial charge on any atom is -0.309 e. The van der Waals surface area contributed by atoms with Gasteiger partial charge in [-0.2, -0.15) is 0 Å².